The van der Waals surface area contributed by atoms with Crippen molar-refractivity contribution in [3.8, 4) is 0 Å². The van der Waals surface area contributed by atoms with Gasteiger partial charge in [0.2, 0.25) is 17.7 Å². The number of carbonyl (C=O) groups is 3. The standard InChI is InChI=1S/C18H17Cl2N3O3/c1-11(24)21-14-4-6-15(7-5-14)23(12(2)25)10-18(26)22-17-8-3-13(19)9-16(17)20/h3-9H,10H2,1-2H3,(H,21,24)(H,22,26). The van der Waals surface area contributed by atoms with Crippen LogP contribution < -0.4 is 15.5 Å². The van der Waals surface area contributed by atoms with Crippen LogP contribution in [0, 0.1) is 0 Å². The van der Waals surface area contributed by atoms with Gasteiger partial charge < -0.3 is 15.5 Å². The molecule has 26 heavy (non-hydrogen) atoms. The van der Waals surface area contributed by atoms with Gasteiger partial charge in [0.1, 0.15) is 6.54 Å². The summed E-state index contributed by atoms with van der Waals surface area (Å²) in [5.74, 6) is -0.898. The molecule has 3 amide bonds. The van der Waals surface area contributed by atoms with Crippen molar-refractivity contribution in [2.75, 3.05) is 22.1 Å². The number of amides is 3. The Kier molecular flexibility index (Phi) is 6.60. The van der Waals surface area contributed by atoms with E-state index in [2.05, 4.69) is 10.6 Å². The van der Waals surface area contributed by atoms with Gasteiger partial charge >= 0.3 is 0 Å². The maximum Gasteiger partial charge on any atom is 0.244 e. The molecule has 0 atom stereocenters. The average molecular weight is 394 g/mol. The number of anilines is 3. The van der Waals surface area contributed by atoms with Crippen LogP contribution in [0.15, 0.2) is 42.5 Å². The first-order chi connectivity index (χ1) is 12.3. The second-order valence-corrected chi connectivity index (χ2v) is 6.35. The van der Waals surface area contributed by atoms with Crippen LogP contribution >= 0.6 is 23.2 Å². The van der Waals surface area contributed by atoms with Crippen LogP contribution in [-0.4, -0.2) is 24.3 Å². The zero-order chi connectivity index (χ0) is 19.3. The van der Waals surface area contributed by atoms with Crippen molar-refractivity contribution in [2.45, 2.75) is 13.8 Å². The SMILES string of the molecule is CC(=O)Nc1ccc(N(CC(=O)Nc2ccc(Cl)cc2Cl)C(C)=O)cc1. The Bertz CT molecular complexity index is 838. The van der Waals surface area contributed by atoms with Crippen LogP contribution in [0.4, 0.5) is 17.1 Å². The highest BCUT2D eigenvalue weighted by molar-refractivity contribution is 6.36. The molecule has 0 heterocycles. The number of hydrogen-bond acceptors (Lipinski definition) is 3. The van der Waals surface area contributed by atoms with Crippen LogP contribution in [0.1, 0.15) is 13.8 Å². The molecule has 6 nitrogen and oxygen atoms in total. The van der Waals surface area contributed by atoms with E-state index in [1.54, 1.807) is 36.4 Å². The van der Waals surface area contributed by atoms with Gasteiger partial charge in [-0.1, -0.05) is 23.2 Å². The van der Waals surface area contributed by atoms with E-state index >= 15 is 0 Å². The van der Waals surface area contributed by atoms with Crippen molar-refractivity contribution < 1.29 is 14.4 Å². The minimum Gasteiger partial charge on any atom is -0.326 e. The summed E-state index contributed by atoms with van der Waals surface area (Å²) >= 11 is 11.9. The lowest BCUT2D eigenvalue weighted by atomic mass is 10.2. The molecule has 2 rings (SSSR count). The van der Waals surface area contributed by atoms with E-state index < -0.39 is 5.91 Å². The molecular formula is C18H17Cl2N3O3. The van der Waals surface area contributed by atoms with Gasteiger partial charge in [-0.3, -0.25) is 14.4 Å². The maximum atomic E-state index is 12.3. The van der Waals surface area contributed by atoms with E-state index in [0.717, 1.165) is 0 Å². The van der Waals surface area contributed by atoms with Crippen molar-refractivity contribution in [3.63, 3.8) is 0 Å². The number of nitrogens with one attached hydrogen (secondary N) is 2. The largest absolute Gasteiger partial charge is 0.326 e. The zero-order valence-electron chi connectivity index (χ0n) is 14.2. The molecule has 136 valence electrons. The monoisotopic (exact) mass is 393 g/mol. The molecule has 0 aliphatic rings. The Morgan fingerprint density at radius 2 is 1.62 bits per heavy atom. The number of nitrogens with zero attached hydrogens (tertiary/aromatic N) is 1. The molecule has 0 saturated carbocycles. The Morgan fingerprint density at radius 3 is 2.15 bits per heavy atom. The first-order valence-electron chi connectivity index (χ1n) is 7.67. The first-order valence-corrected chi connectivity index (χ1v) is 8.42. The molecule has 8 heteroatoms. The third-order valence-corrected chi connectivity index (χ3v) is 3.93. The van der Waals surface area contributed by atoms with Gasteiger partial charge in [0.25, 0.3) is 0 Å². The summed E-state index contributed by atoms with van der Waals surface area (Å²) in [6.45, 7) is 2.58. The summed E-state index contributed by atoms with van der Waals surface area (Å²) in [5, 5.41) is 6.05. The Labute approximate surface area is 161 Å². The smallest absolute Gasteiger partial charge is 0.244 e. The average Bonchev–Trinajstić information content (AvgIpc) is 2.55. The lowest BCUT2D eigenvalue weighted by Gasteiger charge is -2.21. The second kappa shape index (κ2) is 8.69. The van der Waals surface area contributed by atoms with Crippen LogP contribution in [0.2, 0.25) is 10.0 Å². The van der Waals surface area contributed by atoms with Crippen molar-refractivity contribution in [1.82, 2.24) is 0 Å². The molecular weight excluding hydrogens is 377 g/mol. The molecule has 0 fully saturated rings. The number of carbonyl (C=O) groups excluding carboxylic acids is 3. The topological polar surface area (TPSA) is 78.5 Å². The van der Waals surface area contributed by atoms with Crippen molar-refractivity contribution in [3.05, 3.63) is 52.5 Å². The van der Waals surface area contributed by atoms with Gasteiger partial charge in [-0.15, -0.1) is 0 Å². The molecule has 2 N–H and O–H groups in total. The van der Waals surface area contributed by atoms with Gasteiger partial charge in [-0.05, 0) is 42.5 Å². The van der Waals surface area contributed by atoms with E-state index in [9.17, 15) is 14.4 Å². The van der Waals surface area contributed by atoms with Gasteiger partial charge in [0, 0.05) is 30.2 Å². The Balaban J connectivity index is 2.11. The molecule has 0 radical (unpaired) electrons. The van der Waals surface area contributed by atoms with Gasteiger partial charge in [-0.2, -0.15) is 0 Å². The minimum absolute atomic E-state index is 0.187. The number of benzene rings is 2. The molecule has 0 saturated heterocycles. The summed E-state index contributed by atoms with van der Waals surface area (Å²) in [7, 11) is 0. The number of rotatable bonds is 5. The summed E-state index contributed by atoms with van der Waals surface area (Å²) < 4.78 is 0. The fourth-order valence-corrected chi connectivity index (χ4v) is 2.69. The molecule has 0 bridgehead atoms. The Morgan fingerprint density at radius 1 is 0.962 bits per heavy atom. The normalized spacial score (nSPS) is 10.2. The fourth-order valence-electron chi connectivity index (χ4n) is 2.24. The highest BCUT2D eigenvalue weighted by Crippen LogP contribution is 2.25. The van der Waals surface area contributed by atoms with Crippen molar-refractivity contribution in [2.24, 2.45) is 0 Å². The fraction of sp³-hybridized carbons (Fsp3) is 0.167. The molecule has 0 aliphatic carbocycles. The third-order valence-electron chi connectivity index (χ3n) is 3.39. The summed E-state index contributed by atoms with van der Waals surface area (Å²) in [4.78, 5) is 36.6. The lowest BCUT2D eigenvalue weighted by molar-refractivity contribution is -0.120. The van der Waals surface area contributed by atoms with Gasteiger partial charge in [0.05, 0.1) is 10.7 Å². The summed E-state index contributed by atoms with van der Waals surface area (Å²) in [6, 6.07) is 11.3. The van der Waals surface area contributed by atoms with Crippen LogP contribution in [-0.2, 0) is 14.4 Å². The van der Waals surface area contributed by atoms with Crippen molar-refractivity contribution in [1.29, 1.82) is 0 Å². The predicted octanol–water partition coefficient (Wildman–Crippen LogP) is 3.94. The zero-order valence-corrected chi connectivity index (χ0v) is 15.7. The molecule has 0 aromatic heterocycles. The quantitative estimate of drug-likeness (QED) is 0.806. The van der Waals surface area contributed by atoms with E-state index in [-0.39, 0.29) is 18.4 Å². The number of halogens is 2. The van der Waals surface area contributed by atoms with E-state index in [1.165, 1.54) is 24.8 Å². The van der Waals surface area contributed by atoms with Crippen LogP contribution in [0.5, 0.6) is 0 Å². The van der Waals surface area contributed by atoms with Crippen LogP contribution in [0.3, 0.4) is 0 Å². The molecule has 0 aliphatic heterocycles. The second-order valence-electron chi connectivity index (χ2n) is 5.51. The molecule has 0 unspecified atom stereocenters. The minimum atomic E-state index is -0.407. The summed E-state index contributed by atoms with van der Waals surface area (Å²) in [6.07, 6.45) is 0. The van der Waals surface area contributed by atoms with E-state index in [1.807, 2.05) is 0 Å². The maximum absolute atomic E-state index is 12.3. The predicted molar refractivity (Wildman–Crippen MR) is 104 cm³/mol. The summed E-state index contributed by atoms with van der Waals surface area (Å²) in [5.41, 5.74) is 1.54. The van der Waals surface area contributed by atoms with Gasteiger partial charge in [0.15, 0.2) is 0 Å². The first kappa shape index (κ1) is 19.8. The highest BCUT2D eigenvalue weighted by Gasteiger charge is 2.17. The molecule has 2 aromatic rings. The van der Waals surface area contributed by atoms with E-state index in [4.69, 9.17) is 23.2 Å². The van der Waals surface area contributed by atoms with Gasteiger partial charge in [-0.25, -0.2) is 0 Å². The Hall–Kier alpha value is -2.57. The molecule has 0 spiro atoms. The highest BCUT2D eigenvalue weighted by atomic mass is 35.5. The lowest BCUT2D eigenvalue weighted by Crippen LogP contribution is -2.36. The van der Waals surface area contributed by atoms with Crippen LogP contribution in [0.25, 0.3) is 0 Å². The van der Waals surface area contributed by atoms with E-state index in [0.29, 0.717) is 27.1 Å². The number of hydrogen-bond donors (Lipinski definition) is 2. The van der Waals surface area contributed by atoms with Crippen molar-refractivity contribution >= 4 is 58.0 Å². The molecule has 2 aromatic carbocycles. The third kappa shape index (κ3) is 5.47.